The first-order valence-electron chi connectivity index (χ1n) is 12.6. The van der Waals surface area contributed by atoms with E-state index in [2.05, 4.69) is 24.5 Å². The van der Waals surface area contributed by atoms with Crippen molar-refractivity contribution in [1.29, 1.82) is 0 Å². The van der Waals surface area contributed by atoms with Gasteiger partial charge in [-0.3, -0.25) is 14.6 Å². The number of benzene rings is 3. The zero-order chi connectivity index (χ0) is 27.5. The quantitative estimate of drug-likeness (QED) is 0.130. The molecule has 0 amide bonds. The molecule has 204 valence electrons. The molecule has 0 heterocycles. The molecule has 0 saturated carbocycles. The highest BCUT2D eigenvalue weighted by Crippen LogP contribution is 2.34. The number of nitro benzene ring substituents is 1. The zero-order valence-corrected chi connectivity index (χ0v) is 22.9. The number of hydrogen-bond acceptors (Lipinski definition) is 7. The molecule has 0 radical (unpaired) electrons. The third-order valence-electron chi connectivity index (χ3n) is 6.84. The van der Waals surface area contributed by atoms with Gasteiger partial charge in [0.2, 0.25) is 0 Å². The first-order valence-corrected chi connectivity index (χ1v) is 12.6. The molecule has 0 bridgehead atoms. The summed E-state index contributed by atoms with van der Waals surface area (Å²) >= 11 is 0. The molecule has 1 N–H and O–H groups in total. The van der Waals surface area contributed by atoms with Crippen LogP contribution in [0.4, 0.5) is 11.4 Å². The van der Waals surface area contributed by atoms with E-state index in [-0.39, 0.29) is 10.6 Å². The monoisotopic (exact) mass is 524 g/mol. The number of nitrogens with one attached hydrogen (secondary N) is 1. The number of ether oxygens (including phenoxy) is 4. The Morgan fingerprint density at radius 1 is 0.816 bits per heavy atom. The molecule has 38 heavy (non-hydrogen) atoms. The van der Waals surface area contributed by atoms with Crippen LogP contribution in [0.1, 0.15) is 17.5 Å². The predicted molar refractivity (Wildman–Crippen MR) is 150 cm³/mol. The van der Waals surface area contributed by atoms with Gasteiger partial charge in [0.05, 0.1) is 53.5 Å². The first kappa shape index (κ1) is 28.7. The molecule has 1 unspecified atom stereocenters. The maximum Gasteiger partial charge on any atom is 0.273 e. The lowest BCUT2D eigenvalue weighted by Gasteiger charge is -2.35. The number of quaternary nitrogens is 1. The third-order valence-corrected chi connectivity index (χ3v) is 6.84. The molecule has 0 aromatic heterocycles. The van der Waals surface area contributed by atoms with Gasteiger partial charge in [0.25, 0.3) is 5.69 Å². The minimum Gasteiger partial charge on any atom is -0.493 e. The number of para-hydroxylation sites is 1. The van der Waals surface area contributed by atoms with Crippen molar-refractivity contribution in [2.75, 3.05) is 55.1 Å². The van der Waals surface area contributed by atoms with Crippen molar-refractivity contribution in [3.8, 4) is 23.0 Å². The molecule has 3 aromatic carbocycles. The number of nitrogens with zero attached hydrogens (tertiary/aromatic N) is 2. The highest BCUT2D eigenvalue weighted by Gasteiger charge is 2.26. The molecule has 0 aliphatic carbocycles. The smallest absolute Gasteiger partial charge is 0.273 e. The van der Waals surface area contributed by atoms with Crippen molar-refractivity contribution in [1.82, 2.24) is 9.80 Å². The van der Waals surface area contributed by atoms with E-state index >= 15 is 0 Å². The van der Waals surface area contributed by atoms with Gasteiger partial charge in [0, 0.05) is 49.7 Å². The number of hydrogen-bond donors (Lipinski definition) is 1. The minimum absolute atomic E-state index is 0.140. The van der Waals surface area contributed by atoms with Gasteiger partial charge in [0.15, 0.2) is 23.0 Å². The SMILES string of the molecule is COc1ccc(CC[N+](C)(CCCNCc2ccccc2[N+](=O)[O-])c2ccc(OC)c(OC)c2)cc1OC. The molecule has 0 aliphatic rings. The van der Waals surface area contributed by atoms with Gasteiger partial charge in [-0.15, -0.1) is 0 Å². The Kier molecular flexibility index (Phi) is 10.3. The van der Waals surface area contributed by atoms with Crippen LogP contribution in [0.5, 0.6) is 23.0 Å². The molecule has 3 aromatic rings. The highest BCUT2D eigenvalue weighted by atomic mass is 16.6. The largest absolute Gasteiger partial charge is 0.493 e. The summed E-state index contributed by atoms with van der Waals surface area (Å²) in [6.07, 6.45) is 1.70. The Morgan fingerprint density at radius 3 is 2.11 bits per heavy atom. The van der Waals surface area contributed by atoms with Crippen LogP contribution >= 0.6 is 0 Å². The second-order valence-corrected chi connectivity index (χ2v) is 9.24. The van der Waals surface area contributed by atoms with E-state index in [4.69, 9.17) is 18.9 Å². The van der Waals surface area contributed by atoms with E-state index in [0.717, 1.165) is 43.7 Å². The molecular weight excluding hydrogens is 486 g/mol. The molecular formula is C29H38N3O6+. The molecule has 0 saturated heterocycles. The van der Waals surface area contributed by atoms with Gasteiger partial charge in [0.1, 0.15) is 5.69 Å². The lowest BCUT2D eigenvalue weighted by Crippen LogP contribution is -2.48. The Labute approximate surface area is 224 Å². The summed E-state index contributed by atoms with van der Waals surface area (Å²) in [7, 11) is 8.76. The summed E-state index contributed by atoms with van der Waals surface area (Å²) in [6.45, 7) is 2.87. The summed E-state index contributed by atoms with van der Waals surface area (Å²) in [5, 5.41) is 14.7. The highest BCUT2D eigenvalue weighted by molar-refractivity contribution is 5.54. The standard InChI is InChI=1S/C29H38N3O6/c1-32(24-12-14-27(36-3)29(20-24)38-5,18-15-22-11-13-26(35-2)28(19-22)37-4)17-8-16-30-21-23-9-6-7-10-25(23)31(33)34/h6-7,9-14,19-20,30H,8,15-18,21H2,1-5H3/q+1. The van der Waals surface area contributed by atoms with Gasteiger partial charge in [-0.05, 0) is 23.8 Å². The first-order chi connectivity index (χ1) is 18.3. The van der Waals surface area contributed by atoms with E-state index in [9.17, 15) is 10.1 Å². The lowest BCUT2D eigenvalue weighted by molar-refractivity contribution is -0.385. The van der Waals surface area contributed by atoms with Crippen LogP contribution < -0.4 is 28.7 Å². The Bertz CT molecular complexity index is 1220. The number of nitro groups is 1. The molecule has 0 aliphatic heterocycles. The van der Waals surface area contributed by atoms with Crippen LogP contribution in [0.25, 0.3) is 0 Å². The van der Waals surface area contributed by atoms with E-state index in [1.165, 1.54) is 6.07 Å². The van der Waals surface area contributed by atoms with Crippen LogP contribution in [0.15, 0.2) is 60.7 Å². The van der Waals surface area contributed by atoms with Crippen LogP contribution in [-0.2, 0) is 13.0 Å². The Morgan fingerprint density at radius 2 is 1.45 bits per heavy atom. The van der Waals surface area contributed by atoms with E-state index < -0.39 is 0 Å². The van der Waals surface area contributed by atoms with Crippen LogP contribution in [0.2, 0.25) is 0 Å². The van der Waals surface area contributed by atoms with Crippen molar-refractivity contribution in [2.24, 2.45) is 0 Å². The van der Waals surface area contributed by atoms with Crippen molar-refractivity contribution in [3.05, 3.63) is 81.9 Å². The fourth-order valence-corrected chi connectivity index (χ4v) is 4.56. The van der Waals surface area contributed by atoms with E-state index in [1.54, 1.807) is 40.6 Å². The van der Waals surface area contributed by atoms with Gasteiger partial charge in [-0.25, -0.2) is 0 Å². The maximum atomic E-state index is 11.3. The number of methoxy groups -OCH3 is 4. The van der Waals surface area contributed by atoms with Gasteiger partial charge < -0.3 is 24.3 Å². The number of likely N-dealkylation sites (N-methyl/N-ethyl adjacent to an activating group) is 1. The van der Waals surface area contributed by atoms with Gasteiger partial charge in [-0.1, -0.05) is 24.3 Å². The fraction of sp³-hybridized carbons (Fsp3) is 0.379. The number of rotatable bonds is 15. The normalized spacial score (nSPS) is 12.4. The zero-order valence-electron chi connectivity index (χ0n) is 22.9. The second-order valence-electron chi connectivity index (χ2n) is 9.24. The average molecular weight is 525 g/mol. The summed E-state index contributed by atoms with van der Waals surface area (Å²) in [4.78, 5) is 11.0. The molecule has 0 spiro atoms. The maximum absolute atomic E-state index is 11.3. The molecule has 9 heteroatoms. The van der Waals surface area contributed by atoms with Crippen LogP contribution in [0.3, 0.4) is 0 Å². The Hall–Kier alpha value is -3.82. The molecule has 0 fully saturated rings. The Balaban J connectivity index is 1.74. The van der Waals surface area contributed by atoms with Gasteiger partial charge >= 0.3 is 0 Å². The van der Waals surface area contributed by atoms with Crippen LogP contribution in [-0.4, -0.2) is 60.0 Å². The fourth-order valence-electron chi connectivity index (χ4n) is 4.56. The molecule has 1 atom stereocenters. The lowest BCUT2D eigenvalue weighted by atomic mass is 10.1. The van der Waals surface area contributed by atoms with Crippen LogP contribution in [0, 0.1) is 10.1 Å². The summed E-state index contributed by atoms with van der Waals surface area (Å²) in [5.74, 6) is 2.80. The van der Waals surface area contributed by atoms with Crippen molar-refractivity contribution < 1.29 is 23.9 Å². The van der Waals surface area contributed by atoms with Crippen molar-refractivity contribution in [3.63, 3.8) is 0 Å². The molecule has 3 rings (SSSR count). The third kappa shape index (κ3) is 7.14. The van der Waals surface area contributed by atoms with Gasteiger partial charge in [-0.2, -0.15) is 0 Å². The summed E-state index contributed by atoms with van der Waals surface area (Å²) in [6, 6.07) is 18.9. The molecule has 9 nitrogen and oxygen atoms in total. The van der Waals surface area contributed by atoms with Crippen molar-refractivity contribution >= 4 is 11.4 Å². The van der Waals surface area contributed by atoms with E-state index in [1.807, 2.05) is 30.3 Å². The van der Waals surface area contributed by atoms with E-state index in [0.29, 0.717) is 39.6 Å². The second kappa shape index (κ2) is 13.6. The topological polar surface area (TPSA) is 92.1 Å². The summed E-state index contributed by atoms with van der Waals surface area (Å²) in [5.41, 5.74) is 3.09. The predicted octanol–water partition coefficient (Wildman–Crippen LogP) is 4.99. The minimum atomic E-state index is -0.337. The van der Waals surface area contributed by atoms with Crippen molar-refractivity contribution in [2.45, 2.75) is 19.4 Å². The summed E-state index contributed by atoms with van der Waals surface area (Å²) < 4.78 is 22.6. The average Bonchev–Trinajstić information content (AvgIpc) is 2.95.